The van der Waals surface area contributed by atoms with Gasteiger partial charge in [0.15, 0.2) is 11.3 Å². The summed E-state index contributed by atoms with van der Waals surface area (Å²) in [6.45, 7) is 3.07. The van der Waals surface area contributed by atoms with E-state index in [1.54, 1.807) is 34.2 Å². The summed E-state index contributed by atoms with van der Waals surface area (Å²) in [5, 5.41) is 15.3. The van der Waals surface area contributed by atoms with Crippen molar-refractivity contribution in [1.82, 2.24) is 39.6 Å². The van der Waals surface area contributed by atoms with Crippen LogP contribution in [0.3, 0.4) is 0 Å². The maximum Gasteiger partial charge on any atom is 0.328 e. The number of carbonyl (C=O) groups is 3. The summed E-state index contributed by atoms with van der Waals surface area (Å²) < 4.78 is 31.2. The third kappa shape index (κ3) is 6.90. The number of fused-ring (bicyclic) bond motifs is 2. The molecule has 2 saturated heterocycles. The summed E-state index contributed by atoms with van der Waals surface area (Å²) in [5.41, 5.74) is 1.88. The zero-order valence-electron chi connectivity index (χ0n) is 29.4. The summed E-state index contributed by atoms with van der Waals surface area (Å²) in [6, 6.07) is 7.80. The molecule has 3 aliphatic rings. The van der Waals surface area contributed by atoms with Crippen molar-refractivity contribution in [3.05, 3.63) is 72.7 Å². The highest BCUT2D eigenvalue weighted by Gasteiger charge is 2.31. The standard InChI is InChI=1S/C37H41F2N11O3/c1-46(24-10-15-47(16-11-24)30-5-2-4-26-27(30)18-40-20-31(26)48-17-12-32(51)44-37(48)53)21-23-6-8-25(9-7-23)50-22-29(33(45-50)34(38)39)43-36(52)28-19-42-49-14-3-13-41-35(28)49/h2-5,13-14,18-20,22-25,34H,6-12,15-17,21H2,1H3,(H,43,52)(H,44,51,53). The summed E-state index contributed by atoms with van der Waals surface area (Å²) in [6.07, 6.45) is 12.6. The van der Waals surface area contributed by atoms with Crippen LogP contribution in [0.1, 0.15) is 73.5 Å². The SMILES string of the molecule is CN(CC1CCC(n2cc(NC(=O)c3cnn4cccnc34)c(C(F)F)n2)CC1)C1CCN(c2cccc3c(N4CCC(=O)NC4=O)cncc23)CC1. The topological polar surface area (TPSA) is 146 Å². The van der Waals surface area contributed by atoms with Gasteiger partial charge in [0.1, 0.15) is 5.56 Å². The van der Waals surface area contributed by atoms with E-state index >= 15 is 0 Å². The smallest absolute Gasteiger partial charge is 0.328 e. The fourth-order valence-corrected chi connectivity index (χ4v) is 8.17. The lowest BCUT2D eigenvalue weighted by Gasteiger charge is -2.40. The number of halogens is 2. The lowest BCUT2D eigenvalue weighted by atomic mass is 9.85. The number of aromatic nitrogens is 6. The summed E-state index contributed by atoms with van der Waals surface area (Å²) in [5.74, 6) is -0.340. The van der Waals surface area contributed by atoms with Gasteiger partial charge < -0.3 is 15.1 Å². The summed E-state index contributed by atoms with van der Waals surface area (Å²) in [7, 11) is 2.20. The second kappa shape index (κ2) is 14.5. The number of amides is 4. The number of hydrogen-bond acceptors (Lipinski definition) is 9. The molecule has 276 valence electrons. The minimum atomic E-state index is -2.84. The van der Waals surface area contributed by atoms with Gasteiger partial charge in [-0.2, -0.15) is 10.2 Å². The van der Waals surface area contributed by atoms with Crippen LogP contribution in [0.25, 0.3) is 16.4 Å². The molecule has 0 radical (unpaired) electrons. The number of nitrogens with one attached hydrogen (secondary N) is 2. The molecule has 6 heterocycles. The number of nitrogens with zero attached hydrogens (tertiary/aromatic N) is 9. The number of anilines is 3. The molecule has 8 rings (SSSR count). The van der Waals surface area contributed by atoms with Crippen molar-refractivity contribution in [1.29, 1.82) is 0 Å². The minimum Gasteiger partial charge on any atom is -0.371 e. The number of urea groups is 1. The Morgan fingerprint density at radius 2 is 1.81 bits per heavy atom. The first-order chi connectivity index (χ1) is 25.7. The van der Waals surface area contributed by atoms with Gasteiger partial charge in [-0.3, -0.25) is 29.5 Å². The molecule has 4 aromatic heterocycles. The van der Waals surface area contributed by atoms with Gasteiger partial charge in [-0.05, 0) is 63.6 Å². The van der Waals surface area contributed by atoms with E-state index in [9.17, 15) is 23.2 Å². The van der Waals surface area contributed by atoms with Crippen LogP contribution in [0.15, 0.2) is 61.4 Å². The fourth-order valence-electron chi connectivity index (χ4n) is 8.17. The quantitative estimate of drug-likeness (QED) is 0.203. The maximum absolute atomic E-state index is 14.0. The van der Waals surface area contributed by atoms with E-state index in [-0.39, 0.29) is 29.6 Å². The number of benzene rings is 1. The van der Waals surface area contributed by atoms with Crippen LogP contribution >= 0.6 is 0 Å². The van der Waals surface area contributed by atoms with E-state index in [4.69, 9.17) is 0 Å². The number of imide groups is 1. The molecule has 1 aromatic carbocycles. The Bertz CT molecular complexity index is 2150. The average Bonchev–Trinajstić information content (AvgIpc) is 3.80. The highest BCUT2D eigenvalue weighted by Crippen LogP contribution is 2.37. The number of pyridine rings is 1. The zero-order valence-corrected chi connectivity index (χ0v) is 29.4. The molecule has 16 heteroatoms. The molecule has 53 heavy (non-hydrogen) atoms. The van der Waals surface area contributed by atoms with E-state index in [0.717, 1.165) is 74.6 Å². The van der Waals surface area contributed by atoms with E-state index in [2.05, 4.69) is 53.7 Å². The lowest BCUT2D eigenvalue weighted by Crippen LogP contribution is -2.49. The molecule has 2 N–H and O–H groups in total. The van der Waals surface area contributed by atoms with Crippen LogP contribution in [-0.4, -0.2) is 91.4 Å². The number of piperidine rings is 1. The monoisotopic (exact) mass is 725 g/mol. The average molecular weight is 726 g/mol. The molecule has 0 bridgehead atoms. The zero-order chi connectivity index (χ0) is 36.6. The van der Waals surface area contributed by atoms with Gasteiger partial charge in [0.05, 0.1) is 29.8 Å². The van der Waals surface area contributed by atoms with E-state index in [0.29, 0.717) is 29.8 Å². The highest BCUT2D eigenvalue weighted by atomic mass is 19.3. The lowest BCUT2D eigenvalue weighted by molar-refractivity contribution is -0.120. The largest absolute Gasteiger partial charge is 0.371 e. The van der Waals surface area contributed by atoms with E-state index in [1.807, 2.05) is 18.3 Å². The fraction of sp³-hybridized carbons (Fsp3) is 0.432. The predicted molar refractivity (Wildman–Crippen MR) is 194 cm³/mol. The second-order valence-corrected chi connectivity index (χ2v) is 14.2. The third-order valence-corrected chi connectivity index (χ3v) is 11.0. The third-order valence-electron chi connectivity index (χ3n) is 11.0. The molecular weight excluding hydrogens is 684 g/mol. The van der Waals surface area contributed by atoms with E-state index < -0.39 is 24.1 Å². The summed E-state index contributed by atoms with van der Waals surface area (Å²) in [4.78, 5) is 52.5. The van der Waals surface area contributed by atoms with Crippen molar-refractivity contribution >= 4 is 51.3 Å². The molecule has 5 aromatic rings. The Hall–Kier alpha value is -5.51. The van der Waals surface area contributed by atoms with Crippen molar-refractivity contribution in [3.8, 4) is 0 Å². The molecular formula is C37H41F2N11O3. The number of rotatable bonds is 9. The van der Waals surface area contributed by atoms with Crippen LogP contribution in [-0.2, 0) is 4.79 Å². The Morgan fingerprint density at radius 1 is 1.00 bits per heavy atom. The molecule has 0 spiro atoms. The minimum absolute atomic E-state index is 0.000718. The number of carbonyl (C=O) groups excluding carboxylic acids is 3. The Kier molecular flexibility index (Phi) is 9.45. The first kappa shape index (κ1) is 34.6. The van der Waals surface area contributed by atoms with Crippen LogP contribution in [0.4, 0.5) is 30.6 Å². The molecule has 1 saturated carbocycles. The van der Waals surface area contributed by atoms with Gasteiger partial charge in [-0.25, -0.2) is 23.1 Å². The van der Waals surface area contributed by atoms with Gasteiger partial charge in [-0.1, -0.05) is 12.1 Å². The van der Waals surface area contributed by atoms with Gasteiger partial charge in [0.2, 0.25) is 5.91 Å². The van der Waals surface area contributed by atoms with Crippen molar-refractivity contribution < 1.29 is 23.2 Å². The van der Waals surface area contributed by atoms with Crippen LogP contribution < -0.4 is 20.4 Å². The molecule has 2 aliphatic heterocycles. The van der Waals surface area contributed by atoms with Crippen LogP contribution in [0.2, 0.25) is 0 Å². The van der Waals surface area contributed by atoms with Gasteiger partial charge in [0, 0.05) is 79.9 Å². The van der Waals surface area contributed by atoms with Gasteiger partial charge in [-0.15, -0.1) is 0 Å². The molecule has 4 amide bonds. The first-order valence-corrected chi connectivity index (χ1v) is 18.1. The maximum atomic E-state index is 14.0. The van der Waals surface area contributed by atoms with Crippen molar-refractivity contribution in [2.75, 3.05) is 48.3 Å². The predicted octanol–water partition coefficient (Wildman–Crippen LogP) is 5.44. The van der Waals surface area contributed by atoms with Crippen LogP contribution in [0.5, 0.6) is 0 Å². The van der Waals surface area contributed by atoms with E-state index in [1.165, 1.54) is 16.9 Å². The van der Waals surface area contributed by atoms with Gasteiger partial charge >= 0.3 is 6.03 Å². The van der Waals surface area contributed by atoms with Crippen LogP contribution in [0, 0.1) is 5.92 Å². The number of alkyl halides is 2. The van der Waals surface area contributed by atoms with Crippen molar-refractivity contribution in [2.45, 2.75) is 63.5 Å². The summed E-state index contributed by atoms with van der Waals surface area (Å²) >= 11 is 0. The Balaban J connectivity index is 0.856. The second-order valence-electron chi connectivity index (χ2n) is 14.2. The molecule has 1 aliphatic carbocycles. The highest BCUT2D eigenvalue weighted by molar-refractivity contribution is 6.11. The van der Waals surface area contributed by atoms with Crippen molar-refractivity contribution in [2.24, 2.45) is 5.92 Å². The van der Waals surface area contributed by atoms with Gasteiger partial charge in [0.25, 0.3) is 12.3 Å². The molecule has 14 nitrogen and oxygen atoms in total. The molecule has 0 atom stereocenters. The normalized spacial score (nSPS) is 20.2. The molecule has 0 unspecified atom stereocenters. The molecule has 3 fully saturated rings. The van der Waals surface area contributed by atoms with Crippen molar-refractivity contribution in [3.63, 3.8) is 0 Å². The first-order valence-electron chi connectivity index (χ1n) is 18.1. The Morgan fingerprint density at radius 3 is 2.58 bits per heavy atom. The Labute approximate surface area is 304 Å². The number of hydrogen-bond donors (Lipinski definition) is 2.